The summed E-state index contributed by atoms with van der Waals surface area (Å²) in [7, 11) is 0. The van der Waals surface area contributed by atoms with Crippen molar-refractivity contribution in [3.8, 4) is 0 Å². The van der Waals surface area contributed by atoms with Crippen molar-refractivity contribution in [3.05, 3.63) is 51.4 Å². The fourth-order valence-corrected chi connectivity index (χ4v) is 2.57. The molecular weight excluding hydrogens is 306 g/mol. The van der Waals surface area contributed by atoms with Gasteiger partial charge in [0.25, 0.3) is 5.69 Å². The molecule has 9 heteroatoms. The number of nitro benzene ring substituents is 1. The van der Waals surface area contributed by atoms with Crippen LogP contribution in [0.5, 0.6) is 0 Å². The summed E-state index contributed by atoms with van der Waals surface area (Å²) in [6.07, 6.45) is 4.36. The Balaban J connectivity index is 2.51. The summed E-state index contributed by atoms with van der Waals surface area (Å²) in [5.74, 6) is -1.30. The van der Waals surface area contributed by atoms with Crippen LogP contribution >= 0.6 is 23.4 Å². The van der Waals surface area contributed by atoms with Gasteiger partial charge < -0.3 is 5.11 Å². The van der Waals surface area contributed by atoms with Gasteiger partial charge in [0, 0.05) is 29.4 Å². The molecule has 0 fully saturated rings. The average Bonchev–Trinajstić information content (AvgIpc) is 2.41. The first-order chi connectivity index (χ1) is 9.49. The Labute approximate surface area is 121 Å². The number of carboxylic acids is 1. The van der Waals surface area contributed by atoms with Gasteiger partial charge in [-0.15, -0.1) is 0 Å². The summed E-state index contributed by atoms with van der Waals surface area (Å²) in [6.45, 7) is 0. The van der Waals surface area contributed by atoms with Crippen molar-refractivity contribution in [2.75, 3.05) is 0 Å². The monoisotopic (exact) mass is 311 g/mol. The van der Waals surface area contributed by atoms with Gasteiger partial charge in [-0.25, -0.2) is 9.78 Å². The van der Waals surface area contributed by atoms with E-state index in [1.54, 1.807) is 0 Å². The quantitative estimate of drug-likeness (QED) is 0.683. The van der Waals surface area contributed by atoms with Gasteiger partial charge in [-0.2, -0.15) is 0 Å². The van der Waals surface area contributed by atoms with Crippen molar-refractivity contribution in [1.82, 2.24) is 9.97 Å². The molecule has 1 heterocycles. The second-order valence-electron chi connectivity index (χ2n) is 3.51. The van der Waals surface area contributed by atoms with Crippen molar-refractivity contribution >= 4 is 35.0 Å². The fourth-order valence-electron chi connectivity index (χ4n) is 1.39. The molecule has 102 valence electrons. The van der Waals surface area contributed by atoms with E-state index in [1.807, 2.05) is 0 Å². The highest BCUT2D eigenvalue weighted by molar-refractivity contribution is 7.99. The fraction of sp³-hybridized carbons (Fsp3) is 0. The number of rotatable bonds is 4. The molecule has 0 spiro atoms. The minimum Gasteiger partial charge on any atom is -0.478 e. The number of carbonyl (C=O) groups is 1. The zero-order chi connectivity index (χ0) is 14.7. The minimum absolute atomic E-state index is 0.0211. The van der Waals surface area contributed by atoms with E-state index in [0.29, 0.717) is 5.03 Å². The van der Waals surface area contributed by atoms with Crippen LogP contribution in [-0.4, -0.2) is 26.0 Å². The molecule has 0 bridgehead atoms. The highest BCUT2D eigenvalue weighted by Crippen LogP contribution is 2.37. The van der Waals surface area contributed by atoms with E-state index in [-0.39, 0.29) is 21.2 Å². The zero-order valence-corrected chi connectivity index (χ0v) is 11.3. The highest BCUT2D eigenvalue weighted by atomic mass is 35.5. The van der Waals surface area contributed by atoms with E-state index in [2.05, 4.69) is 9.97 Å². The predicted octanol–water partition coefficient (Wildman–Crippen LogP) is 2.89. The molecule has 7 nitrogen and oxygen atoms in total. The molecule has 0 amide bonds. The molecule has 2 rings (SSSR count). The third-order valence-corrected chi connectivity index (χ3v) is 3.69. The molecule has 1 N–H and O–H groups in total. The van der Waals surface area contributed by atoms with Gasteiger partial charge >= 0.3 is 5.97 Å². The SMILES string of the molecule is O=C(O)c1cc([N+](=O)[O-])cc(Cl)c1Sc1cnccn1. The number of carboxylic acid groups (broad SMARTS) is 1. The molecular formula is C11H6ClN3O4S. The normalized spacial score (nSPS) is 10.2. The lowest BCUT2D eigenvalue weighted by molar-refractivity contribution is -0.384. The van der Waals surface area contributed by atoms with Crippen LogP contribution in [0.15, 0.2) is 40.6 Å². The molecule has 0 atom stereocenters. The highest BCUT2D eigenvalue weighted by Gasteiger charge is 2.21. The predicted molar refractivity (Wildman–Crippen MR) is 71.2 cm³/mol. The molecule has 0 unspecified atom stereocenters. The average molecular weight is 312 g/mol. The first-order valence-electron chi connectivity index (χ1n) is 5.14. The lowest BCUT2D eigenvalue weighted by Gasteiger charge is -2.07. The van der Waals surface area contributed by atoms with Gasteiger partial charge in [-0.05, 0) is 0 Å². The smallest absolute Gasteiger partial charge is 0.337 e. The van der Waals surface area contributed by atoms with Crippen LogP contribution in [0, 0.1) is 10.1 Å². The molecule has 1 aromatic carbocycles. The molecule has 0 saturated heterocycles. The summed E-state index contributed by atoms with van der Waals surface area (Å²) in [4.78, 5) is 29.3. The van der Waals surface area contributed by atoms with Crippen molar-refractivity contribution in [2.24, 2.45) is 0 Å². The van der Waals surface area contributed by atoms with Crippen molar-refractivity contribution in [3.63, 3.8) is 0 Å². The standard InChI is InChI=1S/C11H6ClN3O4S/c12-8-4-6(15(18)19)3-7(11(16)17)10(8)20-9-5-13-1-2-14-9/h1-5H,(H,16,17). The second-order valence-corrected chi connectivity index (χ2v) is 4.95. The van der Waals surface area contributed by atoms with Gasteiger partial charge in [0.2, 0.25) is 0 Å². The Morgan fingerprint density at radius 3 is 2.70 bits per heavy atom. The molecule has 0 aliphatic rings. The largest absolute Gasteiger partial charge is 0.478 e. The Morgan fingerprint density at radius 1 is 1.40 bits per heavy atom. The number of aromatic nitrogens is 2. The van der Waals surface area contributed by atoms with Gasteiger partial charge in [0.15, 0.2) is 0 Å². The van der Waals surface area contributed by atoms with E-state index in [4.69, 9.17) is 16.7 Å². The number of nitrogens with zero attached hydrogens (tertiary/aromatic N) is 3. The number of halogens is 1. The van der Waals surface area contributed by atoms with Crippen molar-refractivity contribution < 1.29 is 14.8 Å². The van der Waals surface area contributed by atoms with Crippen LogP contribution in [0.4, 0.5) is 5.69 Å². The number of hydrogen-bond donors (Lipinski definition) is 1. The first-order valence-corrected chi connectivity index (χ1v) is 6.33. The van der Waals surface area contributed by atoms with E-state index in [0.717, 1.165) is 23.9 Å². The summed E-state index contributed by atoms with van der Waals surface area (Å²) >= 11 is 6.92. The Kier molecular flexibility index (Phi) is 4.16. The molecule has 2 aromatic rings. The number of benzene rings is 1. The maximum absolute atomic E-state index is 11.2. The van der Waals surface area contributed by atoms with Crippen LogP contribution in [0.25, 0.3) is 0 Å². The molecule has 0 radical (unpaired) electrons. The van der Waals surface area contributed by atoms with Gasteiger partial charge in [0.1, 0.15) is 5.03 Å². The lowest BCUT2D eigenvalue weighted by Crippen LogP contribution is -2.02. The first kappa shape index (κ1) is 14.2. The van der Waals surface area contributed by atoms with E-state index >= 15 is 0 Å². The Bertz CT molecular complexity index is 681. The molecule has 20 heavy (non-hydrogen) atoms. The second kappa shape index (κ2) is 5.85. The van der Waals surface area contributed by atoms with Gasteiger partial charge in [0.05, 0.1) is 21.7 Å². The van der Waals surface area contributed by atoms with Crippen LogP contribution in [0.2, 0.25) is 5.02 Å². The third kappa shape index (κ3) is 3.03. The summed E-state index contributed by atoms with van der Waals surface area (Å²) in [5.41, 5.74) is -0.629. The number of hydrogen-bond acceptors (Lipinski definition) is 6. The van der Waals surface area contributed by atoms with Crippen molar-refractivity contribution in [1.29, 1.82) is 0 Å². The summed E-state index contributed by atoms with van der Waals surface area (Å²) in [5, 5.41) is 20.3. The van der Waals surface area contributed by atoms with E-state index in [1.165, 1.54) is 18.6 Å². The van der Waals surface area contributed by atoms with Crippen LogP contribution in [0.1, 0.15) is 10.4 Å². The Hall–Kier alpha value is -2.19. The van der Waals surface area contributed by atoms with Crippen LogP contribution < -0.4 is 0 Å². The number of aromatic carboxylic acids is 1. The third-order valence-electron chi connectivity index (χ3n) is 2.22. The molecule has 0 aliphatic heterocycles. The zero-order valence-electron chi connectivity index (χ0n) is 9.69. The van der Waals surface area contributed by atoms with Crippen LogP contribution in [-0.2, 0) is 0 Å². The summed E-state index contributed by atoms with van der Waals surface area (Å²) < 4.78 is 0. The maximum atomic E-state index is 11.2. The van der Waals surface area contributed by atoms with Crippen molar-refractivity contribution in [2.45, 2.75) is 9.92 Å². The number of non-ortho nitro benzene ring substituents is 1. The van der Waals surface area contributed by atoms with Gasteiger partial charge in [-0.3, -0.25) is 15.1 Å². The van der Waals surface area contributed by atoms with Crippen LogP contribution in [0.3, 0.4) is 0 Å². The minimum atomic E-state index is -1.30. The van der Waals surface area contributed by atoms with E-state index < -0.39 is 10.9 Å². The lowest BCUT2D eigenvalue weighted by atomic mass is 10.2. The summed E-state index contributed by atoms with van der Waals surface area (Å²) in [6, 6.07) is 2.07. The maximum Gasteiger partial charge on any atom is 0.337 e. The molecule has 0 saturated carbocycles. The Morgan fingerprint density at radius 2 is 2.15 bits per heavy atom. The molecule has 0 aliphatic carbocycles. The van der Waals surface area contributed by atoms with E-state index in [9.17, 15) is 14.9 Å². The molecule has 1 aromatic heterocycles. The topological polar surface area (TPSA) is 106 Å². The number of nitro groups is 1. The van der Waals surface area contributed by atoms with Gasteiger partial charge in [-0.1, -0.05) is 23.4 Å².